The Morgan fingerprint density at radius 2 is 2.11 bits per heavy atom. The van der Waals surface area contributed by atoms with E-state index in [0.717, 1.165) is 6.07 Å². The fourth-order valence-electron chi connectivity index (χ4n) is 3.73. The monoisotopic (exact) mass is 381 g/mol. The first-order valence-corrected chi connectivity index (χ1v) is 8.74. The van der Waals surface area contributed by atoms with Crippen molar-refractivity contribution in [2.24, 2.45) is 5.73 Å². The number of hydrogen-bond donors (Lipinski definition) is 1. The van der Waals surface area contributed by atoms with Crippen LogP contribution in [0.5, 0.6) is 0 Å². The summed E-state index contributed by atoms with van der Waals surface area (Å²) in [6.07, 6.45) is -2.27. The Kier molecular flexibility index (Phi) is 4.98. The van der Waals surface area contributed by atoms with Crippen molar-refractivity contribution in [1.29, 1.82) is 0 Å². The molecule has 2 N–H and O–H groups in total. The molecule has 0 bridgehead atoms. The van der Waals surface area contributed by atoms with Gasteiger partial charge in [0.25, 0.3) is 5.91 Å². The maximum Gasteiger partial charge on any atom is 0.416 e. The summed E-state index contributed by atoms with van der Waals surface area (Å²) in [6, 6.07) is 5.34. The van der Waals surface area contributed by atoms with Crippen molar-refractivity contribution in [3.05, 3.63) is 47.3 Å². The number of halogens is 3. The lowest BCUT2D eigenvalue weighted by atomic mass is 9.82. The zero-order chi connectivity index (χ0) is 19.8. The second-order valence-electron chi connectivity index (χ2n) is 7.23. The number of amides is 1. The van der Waals surface area contributed by atoms with Crippen molar-refractivity contribution in [1.82, 2.24) is 19.9 Å². The van der Waals surface area contributed by atoms with Crippen molar-refractivity contribution < 1.29 is 18.0 Å². The summed E-state index contributed by atoms with van der Waals surface area (Å²) in [4.78, 5) is 14.5. The second-order valence-corrected chi connectivity index (χ2v) is 7.23. The molecule has 1 aromatic carbocycles. The Hall–Kier alpha value is -2.42. The Bertz CT molecular complexity index is 830. The molecule has 1 fully saturated rings. The minimum absolute atomic E-state index is 0.206. The smallest absolute Gasteiger partial charge is 0.331 e. The fraction of sp³-hybridized carbons (Fsp3) is 0.500. The van der Waals surface area contributed by atoms with E-state index >= 15 is 0 Å². The van der Waals surface area contributed by atoms with Crippen LogP contribution < -0.4 is 5.73 Å². The number of nitrogens with two attached hydrogens (primary N) is 1. The van der Waals surface area contributed by atoms with Gasteiger partial charge in [0.15, 0.2) is 5.69 Å². The van der Waals surface area contributed by atoms with Crippen LogP contribution in [0.25, 0.3) is 0 Å². The first kappa shape index (κ1) is 19.3. The van der Waals surface area contributed by atoms with Gasteiger partial charge in [-0.3, -0.25) is 9.48 Å². The molecule has 1 atom stereocenters. The van der Waals surface area contributed by atoms with Gasteiger partial charge in [0.1, 0.15) is 0 Å². The van der Waals surface area contributed by atoms with Gasteiger partial charge in [-0.25, -0.2) is 0 Å². The van der Waals surface area contributed by atoms with Gasteiger partial charge in [0, 0.05) is 24.5 Å². The zero-order valence-electron chi connectivity index (χ0n) is 15.2. The van der Waals surface area contributed by atoms with Crippen molar-refractivity contribution in [3.8, 4) is 0 Å². The molecule has 1 saturated heterocycles. The predicted octanol–water partition coefficient (Wildman–Crippen LogP) is 2.66. The zero-order valence-corrected chi connectivity index (χ0v) is 15.2. The molecule has 6 nitrogen and oxygen atoms in total. The maximum absolute atomic E-state index is 13.0. The molecular weight excluding hydrogens is 359 g/mol. The molecule has 3 rings (SSSR count). The van der Waals surface area contributed by atoms with Crippen molar-refractivity contribution in [3.63, 3.8) is 0 Å². The SMILES string of the molecule is CC1(C)C(c2cccc(C(F)(F)F)c2)CCN1C(=O)c1cn(CCN)nn1. The Labute approximate surface area is 155 Å². The highest BCUT2D eigenvalue weighted by Gasteiger charge is 2.45. The predicted molar refractivity (Wildman–Crippen MR) is 93.0 cm³/mol. The van der Waals surface area contributed by atoms with Crippen LogP contribution in [0, 0.1) is 0 Å². The topological polar surface area (TPSA) is 77.0 Å². The summed E-state index contributed by atoms with van der Waals surface area (Å²) in [5.74, 6) is -0.486. The van der Waals surface area contributed by atoms with Gasteiger partial charge >= 0.3 is 6.18 Å². The number of alkyl halides is 3. The van der Waals surface area contributed by atoms with Crippen LogP contribution >= 0.6 is 0 Å². The van der Waals surface area contributed by atoms with Crippen molar-refractivity contribution in [2.75, 3.05) is 13.1 Å². The number of aromatic nitrogens is 3. The van der Waals surface area contributed by atoms with Crippen LogP contribution in [0.4, 0.5) is 13.2 Å². The number of nitrogens with zero attached hydrogens (tertiary/aromatic N) is 4. The van der Waals surface area contributed by atoms with Crippen LogP contribution in [0.1, 0.15) is 47.8 Å². The summed E-state index contributed by atoms with van der Waals surface area (Å²) in [7, 11) is 0. The maximum atomic E-state index is 13.0. The third kappa shape index (κ3) is 3.69. The number of likely N-dealkylation sites (tertiary alicyclic amines) is 1. The quantitative estimate of drug-likeness (QED) is 0.883. The Morgan fingerprint density at radius 3 is 2.78 bits per heavy atom. The average Bonchev–Trinajstić information content (AvgIpc) is 3.18. The van der Waals surface area contributed by atoms with E-state index in [1.807, 2.05) is 13.8 Å². The highest BCUT2D eigenvalue weighted by atomic mass is 19.4. The number of benzene rings is 1. The molecule has 0 saturated carbocycles. The van der Waals surface area contributed by atoms with Crippen LogP contribution in [0.3, 0.4) is 0 Å². The summed E-state index contributed by atoms with van der Waals surface area (Å²) in [5, 5.41) is 7.78. The first-order valence-electron chi connectivity index (χ1n) is 8.74. The molecule has 1 amide bonds. The lowest BCUT2D eigenvalue weighted by Gasteiger charge is -2.36. The van der Waals surface area contributed by atoms with E-state index < -0.39 is 17.3 Å². The molecule has 1 aliphatic rings. The molecule has 1 unspecified atom stereocenters. The summed E-state index contributed by atoms with van der Waals surface area (Å²) >= 11 is 0. The molecular formula is C18H22F3N5O. The minimum atomic E-state index is -4.39. The van der Waals surface area contributed by atoms with Crippen LogP contribution in [-0.2, 0) is 12.7 Å². The highest BCUT2D eigenvalue weighted by molar-refractivity contribution is 5.92. The summed E-state index contributed by atoms with van der Waals surface area (Å²) in [6.45, 7) is 5.01. The number of carbonyl (C=O) groups excluding carboxylic acids is 1. The van der Waals surface area contributed by atoms with E-state index in [1.54, 1.807) is 17.2 Å². The van der Waals surface area contributed by atoms with E-state index in [1.165, 1.54) is 16.8 Å². The molecule has 146 valence electrons. The van der Waals surface area contributed by atoms with E-state index in [9.17, 15) is 18.0 Å². The molecule has 1 aromatic heterocycles. The standard InChI is InChI=1S/C18H22F3N5O/c1-17(2)14(12-4-3-5-13(10-12)18(19,20)21)6-8-26(17)16(27)15-11-25(9-7-22)24-23-15/h3-5,10-11,14H,6-9,22H2,1-2H3. The molecule has 1 aliphatic heterocycles. The summed E-state index contributed by atoms with van der Waals surface area (Å²) in [5.41, 5.74) is 4.93. The molecule has 9 heteroatoms. The lowest BCUT2D eigenvalue weighted by molar-refractivity contribution is -0.137. The van der Waals surface area contributed by atoms with E-state index in [2.05, 4.69) is 10.3 Å². The van der Waals surface area contributed by atoms with Gasteiger partial charge in [-0.2, -0.15) is 13.2 Å². The number of carbonyl (C=O) groups is 1. The van der Waals surface area contributed by atoms with Crippen LogP contribution in [0.15, 0.2) is 30.5 Å². The fourth-order valence-corrected chi connectivity index (χ4v) is 3.73. The van der Waals surface area contributed by atoms with Gasteiger partial charge in [0.05, 0.1) is 18.3 Å². The minimum Gasteiger partial charge on any atom is -0.331 e. The first-order chi connectivity index (χ1) is 12.6. The number of rotatable bonds is 4. The van der Waals surface area contributed by atoms with Gasteiger partial charge < -0.3 is 10.6 Å². The normalized spacial score (nSPS) is 19.5. The van der Waals surface area contributed by atoms with Gasteiger partial charge in [-0.05, 0) is 31.9 Å². The van der Waals surface area contributed by atoms with Crippen LogP contribution in [0.2, 0.25) is 0 Å². The molecule has 2 aromatic rings. The molecule has 27 heavy (non-hydrogen) atoms. The molecule has 0 aliphatic carbocycles. The molecule has 2 heterocycles. The second kappa shape index (κ2) is 6.95. The van der Waals surface area contributed by atoms with E-state index in [0.29, 0.717) is 31.6 Å². The third-order valence-corrected chi connectivity index (χ3v) is 5.17. The third-order valence-electron chi connectivity index (χ3n) is 5.17. The van der Waals surface area contributed by atoms with Crippen LogP contribution in [-0.4, -0.2) is 44.4 Å². The van der Waals surface area contributed by atoms with E-state index in [4.69, 9.17) is 5.73 Å². The van der Waals surface area contributed by atoms with Crippen molar-refractivity contribution >= 4 is 5.91 Å². The summed E-state index contributed by atoms with van der Waals surface area (Å²) < 4.78 is 40.6. The van der Waals surface area contributed by atoms with Gasteiger partial charge in [-0.1, -0.05) is 23.4 Å². The molecule has 0 spiro atoms. The van der Waals surface area contributed by atoms with Gasteiger partial charge in [0.2, 0.25) is 0 Å². The number of hydrogen-bond acceptors (Lipinski definition) is 4. The lowest BCUT2D eigenvalue weighted by Crippen LogP contribution is -2.45. The molecule has 0 radical (unpaired) electrons. The Morgan fingerprint density at radius 1 is 1.37 bits per heavy atom. The van der Waals surface area contributed by atoms with Crippen molar-refractivity contribution in [2.45, 2.75) is 44.4 Å². The average molecular weight is 381 g/mol. The van der Waals surface area contributed by atoms with E-state index in [-0.39, 0.29) is 17.5 Å². The van der Waals surface area contributed by atoms with Gasteiger partial charge in [-0.15, -0.1) is 5.10 Å². The highest BCUT2D eigenvalue weighted by Crippen LogP contribution is 2.43. The largest absolute Gasteiger partial charge is 0.416 e. The Balaban J connectivity index is 1.85.